The Labute approximate surface area is 202 Å². The molecule has 2 amide bonds. The predicted molar refractivity (Wildman–Crippen MR) is 126 cm³/mol. The molecule has 1 saturated heterocycles. The first-order chi connectivity index (χ1) is 16.6. The van der Waals surface area contributed by atoms with Crippen molar-refractivity contribution in [3.63, 3.8) is 0 Å². The van der Waals surface area contributed by atoms with Crippen molar-refractivity contribution in [2.45, 2.75) is 32.2 Å². The van der Waals surface area contributed by atoms with E-state index < -0.39 is 0 Å². The van der Waals surface area contributed by atoms with Crippen molar-refractivity contribution >= 4 is 23.3 Å². The average Bonchev–Trinajstić information content (AvgIpc) is 3.32. The number of nitrogens with one attached hydrogen (secondary N) is 2. The predicted octanol–water partition coefficient (Wildman–Crippen LogP) is 3.95. The Bertz CT molecular complexity index is 1250. The number of carbonyl (C=O) groups excluding carboxylic acids is 1. The van der Waals surface area contributed by atoms with Gasteiger partial charge in [0.25, 0.3) is 0 Å². The van der Waals surface area contributed by atoms with Crippen molar-refractivity contribution < 1.29 is 9.53 Å². The lowest BCUT2D eigenvalue weighted by atomic mass is 9.96. The topological polar surface area (TPSA) is 120 Å². The van der Waals surface area contributed by atoms with E-state index in [1.54, 1.807) is 29.3 Å². The second-order valence-electron chi connectivity index (χ2n) is 8.58. The number of benzene rings is 1. The van der Waals surface area contributed by atoms with Crippen LogP contribution in [0.5, 0.6) is 0 Å². The number of nitriles is 1. The summed E-state index contributed by atoms with van der Waals surface area (Å²) in [7, 11) is 0. The number of anilines is 1. The van der Waals surface area contributed by atoms with Gasteiger partial charge in [-0.3, -0.25) is 5.10 Å². The first-order valence-corrected chi connectivity index (χ1v) is 11.7. The minimum Gasteiger partial charge on any atom is -0.381 e. The number of carbonyl (C=O) groups is 1. The van der Waals surface area contributed by atoms with E-state index in [1.165, 1.54) is 0 Å². The number of aromatic nitrogens is 4. The van der Waals surface area contributed by atoms with Gasteiger partial charge in [-0.05, 0) is 42.9 Å². The zero-order valence-electron chi connectivity index (χ0n) is 18.6. The highest BCUT2D eigenvalue weighted by molar-refractivity contribution is 6.32. The molecule has 1 aromatic carbocycles. The van der Waals surface area contributed by atoms with E-state index in [2.05, 4.69) is 20.5 Å². The van der Waals surface area contributed by atoms with E-state index in [4.69, 9.17) is 26.6 Å². The van der Waals surface area contributed by atoms with Gasteiger partial charge in [-0.2, -0.15) is 10.4 Å². The van der Waals surface area contributed by atoms with E-state index in [0.29, 0.717) is 47.4 Å². The number of rotatable bonds is 4. The van der Waals surface area contributed by atoms with Crippen LogP contribution in [0.2, 0.25) is 5.02 Å². The molecule has 3 aromatic rings. The highest BCUT2D eigenvalue weighted by Crippen LogP contribution is 2.30. The fourth-order valence-electron chi connectivity index (χ4n) is 4.38. The molecule has 2 aliphatic rings. The van der Waals surface area contributed by atoms with Gasteiger partial charge in [0.1, 0.15) is 11.9 Å². The lowest BCUT2D eigenvalue weighted by molar-refractivity contribution is 0.0659. The number of fused-ring (bicyclic) bond motifs is 1. The number of hydrogen-bond donors (Lipinski definition) is 2. The zero-order chi connectivity index (χ0) is 23.5. The molecular weight excluding hydrogens is 454 g/mol. The van der Waals surface area contributed by atoms with E-state index in [-0.39, 0.29) is 6.03 Å². The maximum atomic E-state index is 13.1. The second kappa shape index (κ2) is 9.79. The summed E-state index contributed by atoms with van der Waals surface area (Å²) in [6.45, 7) is 2.61. The van der Waals surface area contributed by atoms with Crippen molar-refractivity contribution in [2.24, 2.45) is 5.92 Å². The minimum atomic E-state index is -0.224. The van der Waals surface area contributed by atoms with E-state index in [0.717, 1.165) is 55.1 Å². The molecule has 9 nitrogen and oxygen atoms in total. The van der Waals surface area contributed by atoms with Gasteiger partial charge in [-0.15, -0.1) is 0 Å². The highest BCUT2D eigenvalue weighted by Gasteiger charge is 2.24. The first-order valence-electron chi connectivity index (χ1n) is 11.3. The van der Waals surface area contributed by atoms with Crippen LogP contribution in [0, 0.1) is 17.2 Å². The molecule has 34 heavy (non-hydrogen) atoms. The Morgan fingerprint density at radius 3 is 2.97 bits per heavy atom. The number of halogens is 1. The Hall–Kier alpha value is -3.48. The summed E-state index contributed by atoms with van der Waals surface area (Å²) in [4.78, 5) is 24.2. The Morgan fingerprint density at radius 1 is 1.32 bits per heavy atom. The molecule has 0 bridgehead atoms. The molecule has 1 fully saturated rings. The zero-order valence-corrected chi connectivity index (χ0v) is 19.3. The molecule has 174 valence electrons. The van der Waals surface area contributed by atoms with Crippen LogP contribution >= 0.6 is 11.6 Å². The minimum absolute atomic E-state index is 0.224. The molecule has 2 N–H and O–H groups in total. The summed E-state index contributed by atoms with van der Waals surface area (Å²) < 4.78 is 5.45. The number of amides is 2. The van der Waals surface area contributed by atoms with Crippen LogP contribution in [0.3, 0.4) is 0 Å². The van der Waals surface area contributed by atoms with Gasteiger partial charge in [-0.25, -0.2) is 14.8 Å². The van der Waals surface area contributed by atoms with Crippen LogP contribution in [0.15, 0.2) is 30.6 Å². The number of hydrogen-bond acceptors (Lipinski definition) is 6. The maximum Gasteiger partial charge on any atom is 0.322 e. The van der Waals surface area contributed by atoms with Crippen LogP contribution in [0.1, 0.15) is 35.5 Å². The van der Waals surface area contributed by atoms with Gasteiger partial charge in [0, 0.05) is 37.9 Å². The summed E-state index contributed by atoms with van der Waals surface area (Å²) >= 11 is 6.18. The number of nitrogens with zero attached hydrogens (tertiary/aromatic N) is 5. The molecule has 0 aliphatic carbocycles. The second-order valence-corrected chi connectivity index (χ2v) is 8.99. The number of ether oxygens (including phenoxy) is 1. The number of H-pyrrole nitrogens is 1. The Morgan fingerprint density at radius 2 is 2.18 bits per heavy atom. The molecular formula is C24H24ClN7O2. The fraction of sp³-hybridized carbons (Fsp3) is 0.375. The largest absolute Gasteiger partial charge is 0.381 e. The van der Waals surface area contributed by atoms with Crippen LogP contribution in [-0.2, 0) is 24.1 Å². The molecule has 2 aromatic heterocycles. The first kappa shape index (κ1) is 22.3. The van der Waals surface area contributed by atoms with Gasteiger partial charge in [0.15, 0.2) is 0 Å². The molecule has 4 heterocycles. The molecule has 0 atom stereocenters. The molecule has 0 radical (unpaired) electrons. The quantitative estimate of drug-likeness (QED) is 0.587. The summed E-state index contributed by atoms with van der Waals surface area (Å²) in [5.41, 5.74) is 4.28. The molecule has 0 spiro atoms. The lowest BCUT2D eigenvalue weighted by Gasteiger charge is -2.28. The molecule has 5 rings (SSSR count). The van der Waals surface area contributed by atoms with E-state index in [9.17, 15) is 4.79 Å². The van der Waals surface area contributed by atoms with Crippen LogP contribution in [0.4, 0.5) is 10.5 Å². The summed E-state index contributed by atoms with van der Waals surface area (Å²) in [6, 6.07) is 6.90. The third-order valence-electron chi connectivity index (χ3n) is 6.35. The monoisotopic (exact) mass is 477 g/mol. The van der Waals surface area contributed by atoms with Gasteiger partial charge >= 0.3 is 6.03 Å². The third-order valence-corrected chi connectivity index (χ3v) is 6.67. The Balaban J connectivity index is 1.28. The van der Waals surface area contributed by atoms with E-state index in [1.807, 2.05) is 12.3 Å². The van der Waals surface area contributed by atoms with Crippen molar-refractivity contribution in [2.75, 3.05) is 25.1 Å². The highest BCUT2D eigenvalue weighted by atomic mass is 35.5. The summed E-state index contributed by atoms with van der Waals surface area (Å²) in [5.74, 6) is 1.38. The molecule has 10 heteroatoms. The van der Waals surface area contributed by atoms with Crippen LogP contribution in [-0.4, -0.2) is 50.9 Å². The SMILES string of the molecule is N#Cc1ccc(-c2[nH]ncc2NC(=O)N2CCc3cnc(CC4CCOCC4)nc3C2)cc1Cl. The van der Waals surface area contributed by atoms with Crippen LogP contribution in [0.25, 0.3) is 11.3 Å². The van der Waals surface area contributed by atoms with Crippen molar-refractivity contribution in [1.29, 1.82) is 5.26 Å². The third kappa shape index (κ3) is 4.74. The van der Waals surface area contributed by atoms with Crippen LogP contribution < -0.4 is 5.32 Å². The van der Waals surface area contributed by atoms with Gasteiger partial charge in [-0.1, -0.05) is 17.7 Å². The fourth-order valence-corrected chi connectivity index (χ4v) is 4.60. The van der Waals surface area contributed by atoms with E-state index >= 15 is 0 Å². The van der Waals surface area contributed by atoms with Gasteiger partial charge in [0.05, 0.1) is 40.4 Å². The molecule has 0 unspecified atom stereocenters. The van der Waals surface area contributed by atoms with Gasteiger partial charge in [0.2, 0.25) is 0 Å². The molecule has 2 aliphatic heterocycles. The number of aromatic amines is 1. The smallest absolute Gasteiger partial charge is 0.322 e. The Kier molecular flexibility index (Phi) is 6.43. The van der Waals surface area contributed by atoms with Crippen molar-refractivity contribution in [3.8, 4) is 17.3 Å². The van der Waals surface area contributed by atoms with Crippen molar-refractivity contribution in [3.05, 3.63) is 58.3 Å². The average molecular weight is 478 g/mol. The number of urea groups is 1. The normalized spacial score (nSPS) is 16.1. The standard InChI is InChI=1S/C24H24ClN7O2/c25-19-10-16(1-2-17(19)11-26)23-20(13-28-31-23)30-24(33)32-6-3-18-12-27-22(29-21(18)14-32)9-15-4-7-34-8-5-15/h1-2,10,12-13,15H,3-9,14H2,(H,28,31)(H,30,33). The molecule has 0 saturated carbocycles. The van der Waals surface area contributed by atoms with Gasteiger partial charge < -0.3 is 15.0 Å². The summed E-state index contributed by atoms with van der Waals surface area (Å²) in [6.07, 6.45) is 7.09. The van der Waals surface area contributed by atoms with Crippen molar-refractivity contribution in [1.82, 2.24) is 25.1 Å². The summed E-state index contributed by atoms with van der Waals surface area (Å²) in [5, 5.41) is 19.4. The lowest BCUT2D eigenvalue weighted by Crippen LogP contribution is -2.39. The maximum absolute atomic E-state index is 13.1.